The Hall–Kier alpha value is -3.15. The Labute approximate surface area is 150 Å². The summed E-state index contributed by atoms with van der Waals surface area (Å²) in [6.45, 7) is 3.98. The minimum absolute atomic E-state index is 0.250. The summed E-state index contributed by atoms with van der Waals surface area (Å²) in [4.78, 5) is 28.0. The van der Waals surface area contributed by atoms with E-state index < -0.39 is 11.7 Å². The number of nitrogens with one attached hydrogen (secondary N) is 1. The van der Waals surface area contributed by atoms with Gasteiger partial charge in [-0.3, -0.25) is 9.78 Å². The molecule has 0 saturated carbocycles. The second kappa shape index (κ2) is 7.82. The van der Waals surface area contributed by atoms with Crippen molar-refractivity contribution < 1.29 is 13.9 Å². The Morgan fingerprint density at radius 3 is 2.85 bits per heavy atom. The SMILES string of the molecule is CCc1cc(=O)oc2cc(O[C@@H](C)C(=O)NCc3ccccn3)ccc12. The van der Waals surface area contributed by atoms with Crippen LogP contribution in [0.15, 0.2) is 57.9 Å². The molecule has 134 valence electrons. The molecule has 0 aliphatic carbocycles. The average molecular weight is 352 g/mol. The van der Waals surface area contributed by atoms with Crippen LogP contribution in [0.1, 0.15) is 25.1 Å². The largest absolute Gasteiger partial charge is 0.481 e. The van der Waals surface area contributed by atoms with Gasteiger partial charge in [0.25, 0.3) is 5.91 Å². The highest BCUT2D eigenvalue weighted by atomic mass is 16.5. The topological polar surface area (TPSA) is 81.4 Å². The van der Waals surface area contributed by atoms with Crippen LogP contribution in [0.4, 0.5) is 0 Å². The lowest BCUT2D eigenvalue weighted by Crippen LogP contribution is -2.36. The number of ether oxygens (including phenoxy) is 1. The predicted molar refractivity (Wildman–Crippen MR) is 98.0 cm³/mol. The number of aryl methyl sites for hydroxylation is 1. The molecule has 2 aromatic heterocycles. The number of amides is 1. The van der Waals surface area contributed by atoms with Crippen molar-refractivity contribution in [2.75, 3.05) is 0 Å². The molecule has 26 heavy (non-hydrogen) atoms. The van der Waals surface area contributed by atoms with Gasteiger partial charge < -0.3 is 14.5 Å². The molecule has 0 bridgehead atoms. The summed E-state index contributed by atoms with van der Waals surface area (Å²) in [6, 6.07) is 12.3. The smallest absolute Gasteiger partial charge is 0.336 e. The molecule has 3 rings (SSSR count). The summed E-state index contributed by atoms with van der Waals surface area (Å²) in [7, 11) is 0. The van der Waals surface area contributed by atoms with Gasteiger partial charge in [0.1, 0.15) is 11.3 Å². The maximum Gasteiger partial charge on any atom is 0.336 e. The van der Waals surface area contributed by atoms with Gasteiger partial charge in [0, 0.05) is 23.7 Å². The lowest BCUT2D eigenvalue weighted by atomic mass is 10.1. The second-order valence-corrected chi connectivity index (χ2v) is 5.90. The Morgan fingerprint density at radius 2 is 2.12 bits per heavy atom. The summed E-state index contributed by atoms with van der Waals surface area (Å²) in [6.07, 6.45) is 1.71. The lowest BCUT2D eigenvalue weighted by Gasteiger charge is -2.15. The molecule has 3 aromatic rings. The van der Waals surface area contributed by atoms with Crippen LogP contribution < -0.4 is 15.7 Å². The van der Waals surface area contributed by atoms with Crippen LogP contribution in [0.3, 0.4) is 0 Å². The number of nitrogens with zero attached hydrogens (tertiary/aromatic N) is 1. The molecule has 1 atom stereocenters. The van der Waals surface area contributed by atoms with Crippen molar-refractivity contribution in [3.8, 4) is 5.75 Å². The third kappa shape index (κ3) is 4.08. The number of hydrogen-bond donors (Lipinski definition) is 1. The van der Waals surface area contributed by atoms with Crippen LogP contribution in [-0.2, 0) is 17.8 Å². The Morgan fingerprint density at radius 1 is 1.27 bits per heavy atom. The summed E-state index contributed by atoms with van der Waals surface area (Å²) in [5.74, 6) is 0.217. The molecule has 0 saturated heterocycles. The highest BCUT2D eigenvalue weighted by molar-refractivity contribution is 5.82. The Balaban J connectivity index is 1.69. The zero-order chi connectivity index (χ0) is 18.5. The summed E-state index contributed by atoms with van der Waals surface area (Å²) >= 11 is 0. The Kier molecular flexibility index (Phi) is 5.31. The van der Waals surface area contributed by atoms with E-state index in [4.69, 9.17) is 9.15 Å². The van der Waals surface area contributed by atoms with E-state index in [2.05, 4.69) is 10.3 Å². The van der Waals surface area contributed by atoms with E-state index in [0.717, 1.165) is 23.1 Å². The van der Waals surface area contributed by atoms with Crippen molar-refractivity contribution in [1.29, 1.82) is 0 Å². The summed E-state index contributed by atoms with van der Waals surface area (Å²) in [5, 5.41) is 3.65. The number of aromatic nitrogens is 1. The van der Waals surface area contributed by atoms with Crippen molar-refractivity contribution in [2.45, 2.75) is 32.9 Å². The van der Waals surface area contributed by atoms with Crippen LogP contribution in [0.2, 0.25) is 0 Å². The first kappa shape index (κ1) is 17.7. The number of carbonyl (C=O) groups excluding carboxylic acids is 1. The molecule has 0 unspecified atom stereocenters. The van der Waals surface area contributed by atoms with E-state index in [1.165, 1.54) is 6.07 Å². The standard InChI is InChI=1S/C20H20N2O4/c1-3-14-10-19(23)26-18-11-16(7-8-17(14)18)25-13(2)20(24)22-12-15-6-4-5-9-21-15/h4-11,13H,3,12H2,1-2H3,(H,22,24)/t13-/m0/s1. The van der Waals surface area contributed by atoms with Gasteiger partial charge in [0.05, 0.1) is 12.2 Å². The van der Waals surface area contributed by atoms with E-state index >= 15 is 0 Å². The zero-order valence-electron chi connectivity index (χ0n) is 14.7. The van der Waals surface area contributed by atoms with Crippen LogP contribution in [0.25, 0.3) is 11.0 Å². The average Bonchev–Trinajstić information content (AvgIpc) is 2.65. The lowest BCUT2D eigenvalue weighted by molar-refractivity contribution is -0.127. The molecule has 1 amide bonds. The van der Waals surface area contributed by atoms with Gasteiger partial charge in [-0.15, -0.1) is 0 Å². The fraction of sp³-hybridized carbons (Fsp3) is 0.250. The second-order valence-electron chi connectivity index (χ2n) is 5.90. The first-order valence-electron chi connectivity index (χ1n) is 8.48. The van der Waals surface area contributed by atoms with Crippen LogP contribution in [0.5, 0.6) is 5.75 Å². The van der Waals surface area contributed by atoms with Crippen molar-refractivity contribution in [3.05, 3.63) is 70.3 Å². The fourth-order valence-corrected chi connectivity index (χ4v) is 2.66. The number of rotatable bonds is 6. The minimum atomic E-state index is -0.697. The van der Waals surface area contributed by atoms with Gasteiger partial charge in [-0.05, 0) is 43.2 Å². The summed E-state index contributed by atoms with van der Waals surface area (Å²) < 4.78 is 10.9. The van der Waals surface area contributed by atoms with E-state index in [0.29, 0.717) is 17.9 Å². The molecule has 1 N–H and O–H groups in total. The van der Waals surface area contributed by atoms with Crippen LogP contribution in [-0.4, -0.2) is 17.0 Å². The normalized spacial score (nSPS) is 11.9. The first-order chi connectivity index (χ1) is 12.6. The molecule has 6 heteroatoms. The third-order valence-electron chi connectivity index (χ3n) is 4.03. The van der Waals surface area contributed by atoms with Gasteiger partial charge in [0.15, 0.2) is 6.10 Å². The molecule has 0 aliphatic rings. The molecule has 6 nitrogen and oxygen atoms in total. The molecule has 1 aromatic carbocycles. The fourth-order valence-electron chi connectivity index (χ4n) is 2.66. The van der Waals surface area contributed by atoms with Crippen LogP contribution in [0, 0.1) is 0 Å². The molecule has 0 aliphatic heterocycles. The monoisotopic (exact) mass is 352 g/mol. The van der Waals surface area contributed by atoms with Crippen molar-refractivity contribution in [1.82, 2.24) is 10.3 Å². The molecular weight excluding hydrogens is 332 g/mol. The van der Waals surface area contributed by atoms with Gasteiger partial charge >= 0.3 is 5.63 Å². The number of hydrogen-bond acceptors (Lipinski definition) is 5. The number of benzene rings is 1. The maximum atomic E-state index is 12.2. The van der Waals surface area contributed by atoms with Gasteiger partial charge in [0.2, 0.25) is 0 Å². The number of carbonyl (C=O) groups is 1. The predicted octanol–water partition coefficient (Wildman–Crippen LogP) is 2.83. The number of fused-ring (bicyclic) bond motifs is 1. The highest BCUT2D eigenvalue weighted by Crippen LogP contribution is 2.23. The van der Waals surface area contributed by atoms with E-state index in [1.54, 1.807) is 25.3 Å². The molecule has 0 spiro atoms. The quantitative estimate of drug-likeness (QED) is 0.690. The van der Waals surface area contributed by atoms with Crippen LogP contribution >= 0.6 is 0 Å². The van der Waals surface area contributed by atoms with Crippen molar-refractivity contribution >= 4 is 16.9 Å². The first-order valence-corrected chi connectivity index (χ1v) is 8.48. The highest BCUT2D eigenvalue weighted by Gasteiger charge is 2.15. The van der Waals surface area contributed by atoms with Crippen molar-refractivity contribution in [2.24, 2.45) is 0 Å². The number of pyridine rings is 1. The van der Waals surface area contributed by atoms with Gasteiger partial charge in [-0.25, -0.2) is 4.79 Å². The molecule has 2 heterocycles. The van der Waals surface area contributed by atoms with E-state index in [1.807, 2.05) is 31.2 Å². The summed E-state index contributed by atoms with van der Waals surface area (Å²) in [5.41, 5.74) is 1.75. The van der Waals surface area contributed by atoms with Crippen molar-refractivity contribution in [3.63, 3.8) is 0 Å². The molecular formula is C20H20N2O4. The minimum Gasteiger partial charge on any atom is -0.481 e. The van der Waals surface area contributed by atoms with E-state index in [-0.39, 0.29) is 5.91 Å². The molecule has 0 fully saturated rings. The van der Waals surface area contributed by atoms with E-state index in [9.17, 15) is 9.59 Å². The molecule has 0 radical (unpaired) electrons. The van der Waals surface area contributed by atoms with Gasteiger partial charge in [-0.2, -0.15) is 0 Å². The Bertz CT molecular complexity index is 966. The third-order valence-corrected chi connectivity index (χ3v) is 4.03. The van der Waals surface area contributed by atoms with Gasteiger partial charge in [-0.1, -0.05) is 13.0 Å². The zero-order valence-corrected chi connectivity index (χ0v) is 14.7. The maximum absolute atomic E-state index is 12.2.